The maximum atomic E-state index is 13.9. The molecule has 0 aromatic heterocycles. The second-order valence-corrected chi connectivity index (χ2v) is 10.5. The maximum absolute atomic E-state index is 13.9. The number of aryl methyl sites for hydroxylation is 2. The number of nitrogens with zero attached hydrogens (tertiary/aromatic N) is 1. The molecule has 0 aliphatic heterocycles. The molecule has 3 rings (SSSR count). The SMILES string of the molecule is Cc1ccccc1NC(=O)C(c1ccccc1C)N(C(=O)C(CO)NC(=O)OC(C)(C)C)C1CC1C. The Morgan fingerprint density at radius 2 is 1.64 bits per heavy atom. The maximum Gasteiger partial charge on any atom is 0.408 e. The van der Waals surface area contributed by atoms with Gasteiger partial charge in [0, 0.05) is 11.7 Å². The second kappa shape index (κ2) is 11.1. The van der Waals surface area contributed by atoms with Gasteiger partial charge in [0.2, 0.25) is 5.91 Å². The lowest BCUT2D eigenvalue weighted by atomic mass is 9.97. The van der Waals surface area contributed by atoms with E-state index in [4.69, 9.17) is 4.74 Å². The van der Waals surface area contributed by atoms with Crippen molar-refractivity contribution in [1.82, 2.24) is 10.2 Å². The number of rotatable bonds is 8. The smallest absolute Gasteiger partial charge is 0.408 e. The summed E-state index contributed by atoms with van der Waals surface area (Å²) in [6, 6.07) is 12.5. The third-order valence-corrected chi connectivity index (χ3v) is 6.26. The Balaban J connectivity index is 2.00. The molecule has 2 aromatic carbocycles. The monoisotopic (exact) mass is 495 g/mol. The van der Waals surface area contributed by atoms with Crippen molar-refractivity contribution in [2.24, 2.45) is 5.92 Å². The topological polar surface area (TPSA) is 108 Å². The van der Waals surface area contributed by atoms with Gasteiger partial charge >= 0.3 is 6.09 Å². The average molecular weight is 496 g/mol. The Kier molecular flexibility index (Phi) is 8.40. The van der Waals surface area contributed by atoms with Gasteiger partial charge in [-0.2, -0.15) is 0 Å². The Morgan fingerprint density at radius 1 is 1.06 bits per heavy atom. The molecule has 0 bridgehead atoms. The summed E-state index contributed by atoms with van der Waals surface area (Å²) in [7, 11) is 0. The number of para-hydroxylation sites is 1. The third kappa shape index (κ3) is 6.63. The number of nitrogens with one attached hydrogen (secondary N) is 2. The number of ether oxygens (including phenoxy) is 1. The van der Waals surface area contributed by atoms with Gasteiger partial charge in [-0.25, -0.2) is 4.79 Å². The summed E-state index contributed by atoms with van der Waals surface area (Å²) in [4.78, 5) is 41.7. The number of aliphatic hydroxyl groups is 1. The van der Waals surface area contributed by atoms with E-state index in [1.807, 2.05) is 69.3 Å². The van der Waals surface area contributed by atoms with Gasteiger partial charge in [0.05, 0.1) is 6.61 Å². The van der Waals surface area contributed by atoms with Crippen LogP contribution in [0.3, 0.4) is 0 Å². The van der Waals surface area contributed by atoms with Crippen LogP contribution in [0.1, 0.15) is 56.8 Å². The summed E-state index contributed by atoms with van der Waals surface area (Å²) in [5, 5.41) is 15.5. The van der Waals surface area contributed by atoms with E-state index >= 15 is 0 Å². The highest BCUT2D eigenvalue weighted by Gasteiger charge is 2.48. The van der Waals surface area contributed by atoms with Crippen LogP contribution in [0.15, 0.2) is 48.5 Å². The molecule has 3 N–H and O–H groups in total. The number of hydrogen-bond donors (Lipinski definition) is 3. The molecule has 1 saturated carbocycles. The molecule has 194 valence electrons. The number of anilines is 1. The van der Waals surface area contributed by atoms with Crippen LogP contribution in [0.25, 0.3) is 0 Å². The predicted octanol–water partition coefficient (Wildman–Crippen LogP) is 4.11. The molecule has 0 saturated heterocycles. The number of hydrogen-bond acceptors (Lipinski definition) is 5. The highest BCUT2D eigenvalue weighted by atomic mass is 16.6. The summed E-state index contributed by atoms with van der Waals surface area (Å²) in [5.41, 5.74) is 2.32. The summed E-state index contributed by atoms with van der Waals surface area (Å²) in [5.74, 6) is -0.724. The molecular weight excluding hydrogens is 458 g/mol. The second-order valence-electron chi connectivity index (χ2n) is 10.5. The quantitative estimate of drug-likeness (QED) is 0.511. The molecule has 4 unspecified atom stereocenters. The van der Waals surface area contributed by atoms with Gasteiger partial charge in [0.25, 0.3) is 5.91 Å². The summed E-state index contributed by atoms with van der Waals surface area (Å²) < 4.78 is 5.29. The van der Waals surface area contributed by atoms with Crippen LogP contribution in [-0.2, 0) is 14.3 Å². The lowest BCUT2D eigenvalue weighted by Gasteiger charge is -2.35. The Bertz CT molecular complexity index is 1110. The molecule has 1 fully saturated rings. The number of carbonyl (C=O) groups excluding carboxylic acids is 3. The van der Waals surface area contributed by atoms with Crippen molar-refractivity contribution in [2.45, 2.75) is 71.7 Å². The Labute approximate surface area is 213 Å². The molecule has 0 radical (unpaired) electrons. The van der Waals surface area contributed by atoms with Gasteiger partial charge in [0.15, 0.2) is 0 Å². The largest absolute Gasteiger partial charge is 0.444 e. The van der Waals surface area contributed by atoms with E-state index in [2.05, 4.69) is 10.6 Å². The zero-order chi connectivity index (χ0) is 26.6. The van der Waals surface area contributed by atoms with Crippen LogP contribution in [0, 0.1) is 19.8 Å². The van der Waals surface area contributed by atoms with Crippen molar-refractivity contribution >= 4 is 23.6 Å². The highest BCUT2D eigenvalue weighted by molar-refractivity contribution is 5.99. The fraction of sp³-hybridized carbons (Fsp3) is 0.464. The van der Waals surface area contributed by atoms with Crippen molar-refractivity contribution in [2.75, 3.05) is 11.9 Å². The molecule has 1 aliphatic carbocycles. The molecule has 36 heavy (non-hydrogen) atoms. The standard InChI is InChI=1S/C28H37N3O5/c1-17-11-7-9-13-20(17)24(25(33)29-21-14-10-8-12-18(21)2)31(23-15-19(23)3)26(34)22(16-32)30-27(35)36-28(4,5)6/h7-14,19,22-24,32H,15-16H2,1-6H3,(H,29,33)(H,30,35). The molecule has 0 heterocycles. The molecule has 8 heteroatoms. The fourth-order valence-corrected chi connectivity index (χ4v) is 4.21. The van der Waals surface area contributed by atoms with E-state index in [-0.39, 0.29) is 17.9 Å². The minimum absolute atomic E-state index is 0.174. The first-order valence-electron chi connectivity index (χ1n) is 12.3. The van der Waals surface area contributed by atoms with Gasteiger partial charge in [-0.15, -0.1) is 0 Å². The lowest BCUT2D eigenvalue weighted by Crippen LogP contribution is -2.54. The highest BCUT2D eigenvalue weighted by Crippen LogP contribution is 2.41. The molecule has 0 spiro atoms. The summed E-state index contributed by atoms with van der Waals surface area (Å²) in [6.45, 7) is 10.3. The van der Waals surface area contributed by atoms with Crippen molar-refractivity contribution < 1.29 is 24.2 Å². The zero-order valence-electron chi connectivity index (χ0n) is 21.9. The molecular formula is C28H37N3O5. The Morgan fingerprint density at radius 3 is 2.17 bits per heavy atom. The first kappa shape index (κ1) is 27.2. The fourth-order valence-electron chi connectivity index (χ4n) is 4.21. The van der Waals surface area contributed by atoms with Crippen LogP contribution in [0.2, 0.25) is 0 Å². The van der Waals surface area contributed by atoms with Gasteiger partial charge in [-0.1, -0.05) is 49.4 Å². The van der Waals surface area contributed by atoms with Gasteiger partial charge in [-0.3, -0.25) is 9.59 Å². The van der Waals surface area contributed by atoms with Crippen LogP contribution in [0.4, 0.5) is 10.5 Å². The third-order valence-electron chi connectivity index (χ3n) is 6.26. The first-order chi connectivity index (χ1) is 16.9. The first-order valence-corrected chi connectivity index (χ1v) is 12.3. The number of alkyl carbamates (subject to hydrolysis) is 1. The van der Waals surface area contributed by atoms with Gasteiger partial charge in [-0.05, 0) is 69.7 Å². The van der Waals surface area contributed by atoms with Crippen LogP contribution in [0.5, 0.6) is 0 Å². The van der Waals surface area contributed by atoms with Crippen molar-refractivity contribution in [3.05, 3.63) is 65.2 Å². The van der Waals surface area contributed by atoms with Crippen LogP contribution >= 0.6 is 0 Å². The molecule has 8 nitrogen and oxygen atoms in total. The predicted molar refractivity (Wildman–Crippen MR) is 138 cm³/mol. The molecule has 2 aromatic rings. The number of benzene rings is 2. The number of amides is 3. The van der Waals surface area contributed by atoms with Crippen molar-refractivity contribution in [3.8, 4) is 0 Å². The number of carbonyl (C=O) groups is 3. The van der Waals surface area contributed by atoms with Gasteiger partial charge < -0.3 is 25.4 Å². The van der Waals surface area contributed by atoms with E-state index in [0.29, 0.717) is 11.3 Å². The summed E-state index contributed by atoms with van der Waals surface area (Å²) in [6.07, 6.45) is -0.0911. The molecule has 1 aliphatic rings. The van der Waals surface area contributed by atoms with Crippen molar-refractivity contribution in [3.63, 3.8) is 0 Å². The number of aliphatic hydroxyl groups excluding tert-OH is 1. The molecule has 4 atom stereocenters. The lowest BCUT2D eigenvalue weighted by molar-refractivity contribution is -0.142. The minimum Gasteiger partial charge on any atom is -0.444 e. The van der Waals surface area contributed by atoms with Crippen LogP contribution < -0.4 is 10.6 Å². The molecule has 3 amide bonds. The average Bonchev–Trinajstić information content (AvgIpc) is 3.52. The summed E-state index contributed by atoms with van der Waals surface area (Å²) >= 11 is 0. The van der Waals surface area contributed by atoms with Crippen molar-refractivity contribution in [1.29, 1.82) is 0 Å². The van der Waals surface area contributed by atoms with Crippen LogP contribution in [-0.4, -0.2) is 52.2 Å². The zero-order valence-corrected chi connectivity index (χ0v) is 21.9. The minimum atomic E-state index is -1.26. The van der Waals surface area contributed by atoms with E-state index in [1.54, 1.807) is 20.8 Å². The van der Waals surface area contributed by atoms with Gasteiger partial charge in [0.1, 0.15) is 17.7 Å². The van der Waals surface area contributed by atoms with E-state index in [1.165, 1.54) is 4.90 Å². The van der Waals surface area contributed by atoms with E-state index in [0.717, 1.165) is 17.5 Å². The van der Waals surface area contributed by atoms with E-state index < -0.39 is 36.3 Å². The Hall–Kier alpha value is -3.39. The van der Waals surface area contributed by atoms with E-state index in [9.17, 15) is 19.5 Å². The normalized spacial score (nSPS) is 18.5.